The molecule has 0 saturated carbocycles. The SMILES string of the molecule is O=C(NCCc1ccccc1)c1cnc2sc3c(n2c1=O)CCCC3. The van der Waals surface area contributed by atoms with E-state index in [1.54, 1.807) is 15.7 Å². The number of thiazole rings is 1. The van der Waals surface area contributed by atoms with Crippen LogP contribution in [0.25, 0.3) is 4.96 Å². The standard InChI is InChI=1S/C19H19N3O2S/c23-17(20-11-10-13-6-2-1-3-7-13)14-12-21-19-22(18(14)24)15-8-4-5-9-16(15)25-19/h1-3,6-7,12H,4-5,8-11H2,(H,20,23). The average molecular weight is 353 g/mol. The smallest absolute Gasteiger partial charge is 0.271 e. The fraction of sp³-hybridized carbons (Fsp3) is 0.316. The molecule has 5 nitrogen and oxygen atoms in total. The number of nitrogens with zero attached hydrogens (tertiary/aromatic N) is 2. The molecule has 1 amide bonds. The summed E-state index contributed by atoms with van der Waals surface area (Å²) in [4.78, 5) is 31.5. The maximum atomic E-state index is 12.8. The van der Waals surface area contributed by atoms with E-state index in [1.165, 1.54) is 11.1 Å². The fourth-order valence-corrected chi connectivity index (χ4v) is 4.45. The summed E-state index contributed by atoms with van der Waals surface area (Å²) >= 11 is 1.57. The van der Waals surface area contributed by atoms with Crippen LogP contribution in [0.5, 0.6) is 0 Å². The monoisotopic (exact) mass is 353 g/mol. The second-order valence-electron chi connectivity index (χ2n) is 6.27. The van der Waals surface area contributed by atoms with Gasteiger partial charge in [-0.2, -0.15) is 0 Å². The Balaban J connectivity index is 1.55. The Morgan fingerprint density at radius 2 is 2.00 bits per heavy atom. The molecule has 2 heterocycles. The van der Waals surface area contributed by atoms with Crippen molar-refractivity contribution in [1.29, 1.82) is 0 Å². The van der Waals surface area contributed by atoms with Crippen molar-refractivity contribution in [3.8, 4) is 0 Å². The Kier molecular flexibility index (Phi) is 4.36. The van der Waals surface area contributed by atoms with Crippen LogP contribution in [0.3, 0.4) is 0 Å². The molecule has 1 aliphatic carbocycles. The van der Waals surface area contributed by atoms with E-state index in [0.717, 1.165) is 43.4 Å². The average Bonchev–Trinajstić information content (AvgIpc) is 3.02. The summed E-state index contributed by atoms with van der Waals surface area (Å²) in [6, 6.07) is 9.95. The maximum absolute atomic E-state index is 12.8. The van der Waals surface area contributed by atoms with Gasteiger partial charge in [0.2, 0.25) is 0 Å². The molecule has 3 aromatic rings. The first-order valence-corrected chi connectivity index (χ1v) is 9.40. The molecule has 1 N–H and O–H groups in total. The van der Waals surface area contributed by atoms with E-state index >= 15 is 0 Å². The molecular weight excluding hydrogens is 334 g/mol. The molecular formula is C19H19N3O2S. The Hall–Kier alpha value is -2.47. The van der Waals surface area contributed by atoms with Crippen molar-refractivity contribution in [2.45, 2.75) is 32.1 Å². The number of hydrogen-bond donors (Lipinski definition) is 1. The van der Waals surface area contributed by atoms with Gasteiger partial charge in [-0.3, -0.25) is 14.0 Å². The topological polar surface area (TPSA) is 63.5 Å². The molecule has 4 rings (SSSR count). The van der Waals surface area contributed by atoms with E-state index in [0.29, 0.717) is 11.5 Å². The molecule has 0 bridgehead atoms. The van der Waals surface area contributed by atoms with Gasteiger partial charge in [-0.25, -0.2) is 4.98 Å². The van der Waals surface area contributed by atoms with Gasteiger partial charge in [-0.15, -0.1) is 11.3 Å². The normalized spacial score (nSPS) is 13.6. The number of benzene rings is 1. The van der Waals surface area contributed by atoms with Crippen molar-refractivity contribution < 1.29 is 4.79 Å². The van der Waals surface area contributed by atoms with Crippen molar-refractivity contribution in [3.63, 3.8) is 0 Å². The van der Waals surface area contributed by atoms with Gasteiger partial charge in [-0.05, 0) is 37.7 Å². The second kappa shape index (κ2) is 6.80. The van der Waals surface area contributed by atoms with E-state index < -0.39 is 0 Å². The number of nitrogens with one attached hydrogen (secondary N) is 1. The lowest BCUT2D eigenvalue weighted by Crippen LogP contribution is -2.33. The van der Waals surface area contributed by atoms with Gasteiger partial charge in [0.25, 0.3) is 11.5 Å². The molecule has 0 spiro atoms. The lowest BCUT2D eigenvalue weighted by Gasteiger charge is -2.10. The predicted octanol–water partition coefficient (Wildman–Crippen LogP) is 2.61. The first-order valence-electron chi connectivity index (χ1n) is 8.58. The van der Waals surface area contributed by atoms with Crippen LogP contribution in [0.1, 0.15) is 39.3 Å². The zero-order valence-electron chi connectivity index (χ0n) is 13.8. The number of carbonyl (C=O) groups excluding carboxylic acids is 1. The largest absolute Gasteiger partial charge is 0.351 e. The minimum atomic E-state index is -0.349. The zero-order chi connectivity index (χ0) is 17.2. The quantitative estimate of drug-likeness (QED) is 0.784. The minimum absolute atomic E-state index is 0.122. The molecule has 0 fully saturated rings. The summed E-state index contributed by atoms with van der Waals surface area (Å²) in [5.74, 6) is -0.349. The first kappa shape index (κ1) is 16.0. The molecule has 0 saturated heterocycles. The lowest BCUT2D eigenvalue weighted by atomic mass is 10.0. The summed E-state index contributed by atoms with van der Waals surface area (Å²) in [5.41, 5.74) is 2.07. The number of rotatable bonds is 4. The third kappa shape index (κ3) is 3.09. The van der Waals surface area contributed by atoms with Crippen molar-refractivity contribution >= 4 is 22.2 Å². The van der Waals surface area contributed by atoms with Crippen LogP contribution in [-0.4, -0.2) is 21.8 Å². The van der Waals surface area contributed by atoms with Gasteiger partial charge in [0.15, 0.2) is 4.96 Å². The Morgan fingerprint density at radius 3 is 2.84 bits per heavy atom. The maximum Gasteiger partial charge on any atom is 0.271 e. The van der Waals surface area contributed by atoms with Gasteiger partial charge in [-0.1, -0.05) is 30.3 Å². The van der Waals surface area contributed by atoms with Crippen LogP contribution in [0.15, 0.2) is 41.3 Å². The molecule has 2 aromatic heterocycles. The molecule has 1 aliphatic rings. The lowest BCUT2D eigenvalue weighted by molar-refractivity contribution is 0.0952. The van der Waals surface area contributed by atoms with Crippen molar-refractivity contribution in [3.05, 3.63) is 68.6 Å². The minimum Gasteiger partial charge on any atom is -0.351 e. The molecule has 1 aromatic carbocycles. The van der Waals surface area contributed by atoms with Crippen LogP contribution >= 0.6 is 11.3 Å². The van der Waals surface area contributed by atoms with Gasteiger partial charge < -0.3 is 5.32 Å². The first-order chi connectivity index (χ1) is 12.2. The molecule has 6 heteroatoms. The molecule has 0 unspecified atom stereocenters. The molecule has 0 aliphatic heterocycles. The Morgan fingerprint density at radius 1 is 1.20 bits per heavy atom. The van der Waals surface area contributed by atoms with E-state index in [2.05, 4.69) is 10.3 Å². The number of amides is 1. The Labute approximate surface area is 149 Å². The van der Waals surface area contributed by atoms with Crippen LogP contribution in [-0.2, 0) is 19.3 Å². The number of aryl methyl sites for hydroxylation is 2. The third-order valence-electron chi connectivity index (χ3n) is 4.59. The molecule has 128 valence electrons. The fourth-order valence-electron chi connectivity index (χ4n) is 3.28. The van der Waals surface area contributed by atoms with E-state index in [1.807, 2.05) is 30.3 Å². The van der Waals surface area contributed by atoms with Gasteiger partial charge in [0, 0.05) is 23.3 Å². The Bertz CT molecular complexity index is 975. The molecule has 0 atom stereocenters. The van der Waals surface area contributed by atoms with Crippen LogP contribution in [0.4, 0.5) is 0 Å². The second-order valence-corrected chi connectivity index (χ2v) is 7.33. The highest BCUT2D eigenvalue weighted by atomic mass is 32.1. The number of hydrogen-bond acceptors (Lipinski definition) is 4. The highest BCUT2D eigenvalue weighted by Gasteiger charge is 2.21. The number of carbonyl (C=O) groups is 1. The van der Waals surface area contributed by atoms with Crippen LogP contribution < -0.4 is 10.9 Å². The van der Waals surface area contributed by atoms with Crippen molar-refractivity contribution in [2.24, 2.45) is 0 Å². The van der Waals surface area contributed by atoms with E-state index in [4.69, 9.17) is 0 Å². The van der Waals surface area contributed by atoms with E-state index in [9.17, 15) is 9.59 Å². The van der Waals surface area contributed by atoms with Crippen molar-refractivity contribution in [2.75, 3.05) is 6.54 Å². The van der Waals surface area contributed by atoms with Crippen molar-refractivity contribution in [1.82, 2.24) is 14.7 Å². The summed E-state index contributed by atoms with van der Waals surface area (Å²) in [5, 5.41) is 2.84. The molecule has 0 radical (unpaired) electrons. The van der Waals surface area contributed by atoms with E-state index in [-0.39, 0.29) is 17.0 Å². The predicted molar refractivity (Wildman–Crippen MR) is 98.5 cm³/mol. The van der Waals surface area contributed by atoms with Crippen LogP contribution in [0.2, 0.25) is 0 Å². The summed E-state index contributed by atoms with van der Waals surface area (Å²) in [6.45, 7) is 0.493. The number of fused-ring (bicyclic) bond motifs is 3. The highest BCUT2D eigenvalue weighted by molar-refractivity contribution is 7.17. The summed E-state index contributed by atoms with van der Waals surface area (Å²) < 4.78 is 1.64. The third-order valence-corrected chi connectivity index (χ3v) is 5.75. The van der Waals surface area contributed by atoms with Gasteiger partial charge in [0.1, 0.15) is 5.56 Å². The summed E-state index contributed by atoms with van der Waals surface area (Å²) in [7, 11) is 0. The highest BCUT2D eigenvalue weighted by Crippen LogP contribution is 2.28. The zero-order valence-corrected chi connectivity index (χ0v) is 14.6. The van der Waals surface area contributed by atoms with Gasteiger partial charge >= 0.3 is 0 Å². The van der Waals surface area contributed by atoms with Crippen LogP contribution in [0, 0.1) is 0 Å². The van der Waals surface area contributed by atoms with Gasteiger partial charge in [0.05, 0.1) is 0 Å². The summed E-state index contributed by atoms with van der Waals surface area (Å²) in [6.07, 6.45) is 6.27. The number of aromatic nitrogens is 2. The molecule has 25 heavy (non-hydrogen) atoms.